The van der Waals surface area contributed by atoms with Gasteiger partial charge in [-0.25, -0.2) is 4.98 Å². The zero-order chi connectivity index (χ0) is 16.5. The molecule has 0 unspecified atom stereocenters. The molecule has 0 aliphatic carbocycles. The summed E-state index contributed by atoms with van der Waals surface area (Å²) in [6, 6.07) is 9.19. The van der Waals surface area contributed by atoms with Crippen molar-refractivity contribution in [1.29, 1.82) is 0 Å². The summed E-state index contributed by atoms with van der Waals surface area (Å²) in [7, 11) is 0. The fourth-order valence-corrected chi connectivity index (χ4v) is 3.30. The molecular weight excluding hydrogens is 348 g/mol. The minimum absolute atomic E-state index is 0.0999. The first-order valence-electron chi connectivity index (χ1n) is 7.36. The molecule has 1 aliphatic rings. The Balaban J connectivity index is 1.37. The summed E-state index contributed by atoms with van der Waals surface area (Å²) in [5.41, 5.74) is 1.26. The number of hydrogen-bond donors (Lipinski definition) is 1. The lowest BCUT2D eigenvalue weighted by Gasteiger charge is -2.38. The highest BCUT2D eigenvalue weighted by molar-refractivity contribution is 7.13. The lowest BCUT2D eigenvalue weighted by Crippen LogP contribution is -2.56. The molecule has 1 amide bonds. The second-order valence-corrected chi connectivity index (χ2v) is 6.74. The quantitative estimate of drug-likeness (QED) is 0.776. The number of nitrogens with zero attached hydrogens (tertiary/aromatic N) is 3. The zero-order valence-corrected chi connectivity index (χ0v) is 14.0. The Hall–Kier alpha value is -2.38. The lowest BCUT2D eigenvalue weighted by atomic mass is 10.1. The van der Waals surface area contributed by atoms with Crippen LogP contribution in [-0.2, 0) is 0 Å². The van der Waals surface area contributed by atoms with Crippen molar-refractivity contribution in [2.75, 3.05) is 13.1 Å². The molecule has 0 bridgehead atoms. The van der Waals surface area contributed by atoms with Crippen LogP contribution in [0.5, 0.6) is 5.88 Å². The number of carbonyl (C=O) groups excluding carboxylic acids is 1. The third-order valence-corrected chi connectivity index (χ3v) is 4.91. The Morgan fingerprint density at radius 2 is 2.25 bits per heavy atom. The predicted octanol–water partition coefficient (Wildman–Crippen LogP) is 3.09. The first-order valence-corrected chi connectivity index (χ1v) is 8.62. The molecule has 0 saturated carbocycles. The molecule has 0 aromatic carbocycles. The number of likely N-dealkylation sites (tertiary alicyclic amines) is 1. The predicted molar refractivity (Wildman–Crippen MR) is 91.5 cm³/mol. The van der Waals surface area contributed by atoms with Crippen LogP contribution in [0.15, 0.2) is 41.9 Å². The average Bonchev–Trinajstić information content (AvgIpc) is 3.22. The number of halogens is 1. The van der Waals surface area contributed by atoms with E-state index in [-0.39, 0.29) is 12.0 Å². The third-order valence-electron chi connectivity index (χ3n) is 3.72. The van der Waals surface area contributed by atoms with Gasteiger partial charge in [-0.05, 0) is 29.6 Å². The Kier molecular flexibility index (Phi) is 3.95. The highest BCUT2D eigenvalue weighted by Gasteiger charge is 2.34. The van der Waals surface area contributed by atoms with Crippen LogP contribution in [0.4, 0.5) is 0 Å². The fourth-order valence-electron chi connectivity index (χ4n) is 2.45. The lowest BCUT2D eigenvalue weighted by molar-refractivity contribution is 0.0156. The Bertz CT molecular complexity index is 859. The van der Waals surface area contributed by atoms with Crippen LogP contribution in [0.3, 0.4) is 0 Å². The second kappa shape index (κ2) is 6.26. The van der Waals surface area contributed by atoms with E-state index < -0.39 is 0 Å². The maximum atomic E-state index is 12.4. The Morgan fingerprint density at radius 1 is 1.38 bits per heavy atom. The molecule has 24 heavy (non-hydrogen) atoms. The van der Waals surface area contributed by atoms with Gasteiger partial charge in [0.05, 0.1) is 23.7 Å². The van der Waals surface area contributed by atoms with E-state index in [9.17, 15) is 4.79 Å². The number of hydrogen-bond acceptors (Lipinski definition) is 5. The van der Waals surface area contributed by atoms with Crippen LogP contribution in [0.25, 0.3) is 10.6 Å². The molecule has 0 spiro atoms. The molecule has 0 radical (unpaired) electrons. The average molecular weight is 361 g/mol. The third kappa shape index (κ3) is 2.88. The van der Waals surface area contributed by atoms with Crippen LogP contribution in [0.1, 0.15) is 10.5 Å². The summed E-state index contributed by atoms with van der Waals surface area (Å²) >= 11 is 7.61. The minimum atomic E-state index is -0.110. The molecule has 3 aromatic heterocycles. The molecule has 8 heteroatoms. The van der Waals surface area contributed by atoms with Crippen LogP contribution >= 0.6 is 22.9 Å². The number of ether oxygens (including phenoxy) is 1. The summed E-state index contributed by atoms with van der Waals surface area (Å²) in [5.74, 6) is 0.289. The van der Waals surface area contributed by atoms with Gasteiger partial charge >= 0.3 is 0 Å². The number of aromatic nitrogens is 3. The molecule has 122 valence electrons. The van der Waals surface area contributed by atoms with Crippen molar-refractivity contribution < 1.29 is 9.53 Å². The Labute approximate surface area is 147 Å². The first-order chi connectivity index (χ1) is 11.7. The van der Waals surface area contributed by atoms with E-state index in [1.807, 2.05) is 17.5 Å². The summed E-state index contributed by atoms with van der Waals surface area (Å²) in [6.07, 6.45) is 1.52. The van der Waals surface area contributed by atoms with Gasteiger partial charge in [-0.2, -0.15) is 5.10 Å². The molecule has 6 nitrogen and oxygen atoms in total. The molecule has 4 heterocycles. The van der Waals surface area contributed by atoms with Gasteiger partial charge in [0.25, 0.3) is 5.91 Å². The summed E-state index contributed by atoms with van der Waals surface area (Å²) in [4.78, 5) is 19.3. The van der Waals surface area contributed by atoms with Gasteiger partial charge in [-0.1, -0.05) is 17.7 Å². The molecule has 1 N–H and O–H groups in total. The van der Waals surface area contributed by atoms with Crippen molar-refractivity contribution >= 4 is 28.8 Å². The van der Waals surface area contributed by atoms with Crippen molar-refractivity contribution in [3.8, 4) is 16.5 Å². The van der Waals surface area contributed by atoms with Gasteiger partial charge in [0, 0.05) is 6.20 Å². The number of thiophene rings is 1. The van der Waals surface area contributed by atoms with Crippen LogP contribution < -0.4 is 4.74 Å². The van der Waals surface area contributed by atoms with Crippen molar-refractivity contribution in [1.82, 2.24) is 20.1 Å². The van der Waals surface area contributed by atoms with Gasteiger partial charge in [0.15, 0.2) is 5.69 Å². The van der Waals surface area contributed by atoms with E-state index in [1.165, 1.54) is 0 Å². The number of carbonyl (C=O) groups is 1. The normalized spacial score (nSPS) is 14.5. The van der Waals surface area contributed by atoms with Crippen LogP contribution in [0.2, 0.25) is 5.02 Å². The van der Waals surface area contributed by atoms with Crippen molar-refractivity contribution in [2.45, 2.75) is 6.10 Å². The van der Waals surface area contributed by atoms with E-state index in [1.54, 1.807) is 40.6 Å². The highest BCUT2D eigenvalue weighted by atomic mass is 35.5. The number of amides is 1. The van der Waals surface area contributed by atoms with E-state index in [2.05, 4.69) is 15.2 Å². The van der Waals surface area contributed by atoms with Crippen LogP contribution in [-0.4, -0.2) is 45.2 Å². The number of nitrogens with one attached hydrogen (secondary N) is 1. The molecule has 3 aromatic rings. The van der Waals surface area contributed by atoms with E-state index in [0.29, 0.717) is 29.7 Å². The van der Waals surface area contributed by atoms with Gasteiger partial charge in [0.1, 0.15) is 11.1 Å². The van der Waals surface area contributed by atoms with Gasteiger partial charge in [-0.3, -0.25) is 9.89 Å². The van der Waals surface area contributed by atoms with E-state index in [0.717, 1.165) is 10.6 Å². The molecule has 1 aliphatic heterocycles. The van der Waals surface area contributed by atoms with E-state index >= 15 is 0 Å². The summed E-state index contributed by atoms with van der Waals surface area (Å²) < 4.78 is 5.70. The molecule has 1 saturated heterocycles. The number of rotatable bonds is 4. The number of H-pyrrole nitrogens is 1. The minimum Gasteiger partial charge on any atom is -0.470 e. The smallest absolute Gasteiger partial charge is 0.274 e. The fraction of sp³-hybridized carbons (Fsp3) is 0.188. The number of aromatic amines is 1. The van der Waals surface area contributed by atoms with Gasteiger partial charge < -0.3 is 9.64 Å². The summed E-state index contributed by atoms with van der Waals surface area (Å²) in [5, 5.41) is 9.47. The second-order valence-electron chi connectivity index (χ2n) is 5.38. The maximum Gasteiger partial charge on any atom is 0.274 e. The van der Waals surface area contributed by atoms with Crippen molar-refractivity contribution in [3.63, 3.8) is 0 Å². The number of pyridine rings is 1. The molecule has 4 rings (SSSR count). The van der Waals surface area contributed by atoms with Gasteiger partial charge in [0.2, 0.25) is 5.88 Å². The monoisotopic (exact) mass is 360 g/mol. The largest absolute Gasteiger partial charge is 0.470 e. The Morgan fingerprint density at radius 3 is 3.00 bits per heavy atom. The molecule has 0 atom stereocenters. The zero-order valence-electron chi connectivity index (χ0n) is 12.5. The SMILES string of the molecule is O=C(c1cc(-c2cccs2)[nH]n1)N1CC(Oc2ncccc2Cl)C1. The summed E-state index contributed by atoms with van der Waals surface area (Å²) in [6.45, 7) is 0.986. The van der Waals surface area contributed by atoms with Crippen molar-refractivity contribution in [3.05, 3.63) is 52.6 Å². The topological polar surface area (TPSA) is 71.1 Å². The van der Waals surface area contributed by atoms with Crippen LogP contribution in [0, 0.1) is 0 Å². The van der Waals surface area contributed by atoms with Crippen molar-refractivity contribution in [2.24, 2.45) is 0 Å². The van der Waals surface area contributed by atoms with Gasteiger partial charge in [-0.15, -0.1) is 11.3 Å². The molecular formula is C16H13ClN4O2S. The van der Waals surface area contributed by atoms with E-state index in [4.69, 9.17) is 16.3 Å². The standard InChI is InChI=1S/C16H13ClN4O2S/c17-11-3-1-5-18-15(11)23-10-8-21(9-10)16(22)13-7-12(19-20-13)14-4-2-6-24-14/h1-7,10H,8-9H2,(H,19,20). The molecule has 1 fully saturated rings. The highest BCUT2D eigenvalue weighted by Crippen LogP contribution is 2.26. The first kappa shape index (κ1) is 15.2. The maximum absolute atomic E-state index is 12.4.